The third-order valence-corrected chi connectivity index (χ3v) is 4.29. The average molecular weight is 369 g/mol. The monoisotopic (exact) mass is 369 g/mol. The second kappa shape index (κ2) is 9.20. The lowest BCUT2D eigenvalue weighted by Crippen LogP contribution is -2.39. The zero-order chi connectivity index (χ0) is 19.1. The van der Waals surface area contributed by atoms with Gasteiger partial charge in [-0.25, -0.2) is 9.97 Å². The maximum Gasteiger partial charge on any atom is 0.274 e. The standard InChI is InChI=1S/C19H23N5O3/c1-14(25)15-2-4-16(5-3-15)23-19(26)17-12-18(22-13-21-17)20-6-7-24-8-10-27-11-9-24/h2-5,12-13H,6-11H2,1H3,(H,23,26)(H,20,21,22). The number of anilines is 2. The highest BCUT2D eigenvalue weighted by atomic mass is 16.5. The van der Waals surface area contributed by atoms with Crippen LogP contribution in [0, 0.1) is 0 Å². The number of hydrogen-bond donors (Lipinski definition) is 2. The number of nitrogens with one attached hydrogen (secondary N) is 2. The van der Waals surface area contributed by atoms with Gasteiger partial charge < -0.3 is 15.4 Å². The minimum Gasteiger partial charge on any atom is -0.379 e. The third-order valence-electron chi connectivity index (χ3n) is 4.29. The number of ether oxygens (including phenoxy) is 1. The van der Waals surface area contributed by atoms with Gasteiger partial charge in [-0.1, -0.05) is 0 Å². The second-order valence-corrected chi connectivity index (χ2v) is 6.26. The molecular formula is C19H23N5O3. The van der Waals surface area contributed by atoms with Crippen LogP contribution in [0.5, 0.6) is 0 Å². The van der Waals surface area contributed by atoms with Gasteiger partial charge in [0, 0.05) is 43.5 Å². The van der Waals surface area contributed by atoms with Crippen molar-refractivity contribution >= 4 is 23.2 Å². The van der Waals surface area contributed by atoms with Crippen LogP contribution in [-0.4, -0.2) is 66.0 Å². The summed E-state index contributed by atoms with van der Waals surface area (Å²) >= 11 is 0. The molecule has 2 N–H and O–H groups in total. The van der Waals surface area contributed by atoms with E-state index in [-0.39, 0.29) is 17.4 Å². The van der Waals surface area contributed by atoms with Gasteiger partial charge in [0.2, 0.25) is 0 Å². The summed E-state index contributed by atoms with van der Waals surface area (Å²) in [7, 11) is 0. The first-order chi connectivity index (χ1) is 13.1. The van der Waals surface area contributed by atoms with Gasteiger partial charge in [0.15, 0.2) is 5.78 Å². The van der Waals surface area contributed by atoms with E-state index < -0.39 is 0 Å². The van der Waals surface area contributed by atoms with Gasteiger partial charge >= 0.3 is 0 Å². The van der Waals surface area contributed by atoms with Gasteiger partial charge in [0.05, 0.1) is 13.2 Å². The molecule has 1 aliphatic heterocycles. The van der Waals surface area contributed by atoms with Crippen LogP contribution in [0.3, 0.4) is 0 Å². The summed E-state index contributed by atoms with van der Waals surface area (Å²) < 4.78 is 5.33. The molecule has 1 aromatic carbocycles. The molecule has 0 unspecified atom stereocenters. The number of rotatable bonds is 7. The Hall–Kier alpha value is -2.84. The van der Waals surface area contributed by atoms with Gasteiger partial charge in [-0.15, -0.1) is 0 Å². The van der Waals surface area contributed by atoms with Crippen LogP contribution in [0.4, 0.5) is 11.5 Å². The maximum absolute atomic E-state index is 12.4. The number of benzene rings is 1. The van der Waals surface area contributed by atoms with Gasteiger partial charge in [0.1, 0.15) is 17.8 Å². The minimum absolute atomic E-state index is 0.0172. The molecule has 3 rings (SSSR count). The first-order valence-electron chi connectivity index (χ1n) is 8.90. The maximum atomic E-state index is 12.4. The summed E-state index contributed by atoms with van der Waals surface area (Å²) in [5, 5.41) is 5.99. The summed E-state index contributed by atoms with van der Waals surface area (Å²) in [4.78, 5) is 34.2. The molecule has 8 nitrogen and oxygen atoms in total. The van der Waals surface area contributed by atoms with E-state index in [1.165, 1.54) is 13.3 Å². The zero-order valence-corrected chi connectivity index (χ0v) is 15.3. The average Bonchev–Trinajstić information content (AvgIpc) is 2.69. The highest BCUT2D eigenvalue weighted by molar-refractivity contribution is 6.03. The number of carbonyl (C=O) groups is 2. The minimum atomic E-state index is -0.329. The van der Waals surface area contributed by atoms with Crippen molar-refractivity contribution in [3.63, 3.8) is 0 Å². The number of hydrogen-bond acceptors (Lipinski definition) is 7. The van der Waals surface area contributed by atoms with Crippen molar-refractivity contribution in [3.05, 3.63) is 47.9 Å². The Bertz CT molecular complexity index is 788. The molecule has 0 saturated carbocycles. The molecule has 1 aromatic heterocycles. The first kappa shape index (κ1) is 18.9. The van der Waals surface area contributed by atoms with Crippen molar-refractivity contribution in [2.75, 3.05) is 50.0 Å². The second-order valence-electron chi connectivity index (χ2n) is 6.26. The van der Waals surface area contributed by atoms with Gasteiger partial charge in [-0.2, -0.15) is 0 Å². The van der Waals surface area contributed by atoms with E-state index in [2.05, 4.69) is 25.5 Å². The van der Waals surface area contributed by atoms with E-state index >= 15 is 0 Å². The Balaban J connectivity index is 1.54. The van der Waals surface area contributed by atoms with Crippen LogP contribution >= 0.6 is 0 Å². The molecule has 2 heterocycles. The van der Waals surface area contributed by atoms with Crippen molar-refractivity contribution in [3.8, 4) is 0 Å². The largest absolute Gasteiger partial charge is 0.379 e. The SMILES string of the molecule is CC(=O)c1ccc(NC(=O)c2cc(NCCN3CCOCC3)ncn2)cc1. The Labute approximate surface area is 158 Å². The number of Topliss-reactive ketones (excluding diaryl/α,β-unsaturated/α-hetero) is 1. The Morgan fingerprint density at radius 1 is 1.15 bits per heavy atom. The van der Waals surface area contributed by atoms with E-state index in [1.54, 1.807) is 30.3 Å². The molecule has 1 saturated heterocycles. The van der Waals surface area contributed by atoms with E-state index in [0.29, 0.717) is 17.1 Å². The molecule has 1 aliphatic rings. The van der Waals surface area contributed by atoms with E-state index in [0.717, 1.165) is 39.4 Å². The van der Waals surface area contributed by atoms with Crippen LogP contribution in [0.25, 0.3) is 0 Å². The summed E-state index contributed by atoms with van der Waals surface area (Å²) in [6.45, 7) is 6.52. The molecule has 0 aliphatic carbocycles. The lowest BCUT2D eigenvalue weighted by atomic mass is 10.1. The number of amides is 1. The molecule has 1 amide bonds. The molecule has 27 heavy (non-hydrogen) atoms. The van der Waals surface area contributed by atoms with Crippen molar-refractivity contribution in [2.45, 2.75) is 6.92 Å². The molecule has 142 valence electrons. The molecule has 8 heteroatoms. The predicted molar refractivity (Wildman–Crippen MR) is 102 cm³/mol. The summed E-state index contributed by atoms with van der Waals surface area (Å²) in [6, 6.07) is 8.36. The topological polar surface area (TPSA) is 96.5 Å². The normalized spacial score (nSPS) is 14.6. The van der Waals surface area contributed by atoms with Crippen molar-refractivity contribution in [1.29, 1.82) is 0 Å². The van der Waals surface area contributed by atoms with Crippen molar-refractivity contribution < 1.29 is 14.3 Å². The molecule has 0 radical (unpaired) electrons. The summed E-state index contributed by atoms with van der Waals surface area (Å²) in [5.41, 5.74) is 1.47. The number of carbonyl (C=O) groups excluding carboxylic acids is 2. The van der Waals surface area contributed by atoms with Crippen molar-refractivity contribution in [2.24, 2.45) is 0 Å². The smallest absolute Gasteiger partial charge is 0.274 e. The predicted octanol–water partition coefficient (Wildman–Crippen LogP) is 1.68. The van der Waals surface area contributed by atoms with Gasteiger partial charge in [-0.3, -0.25) is 14.5 Å². The first-order valence-corrected chi connectivity index (χ1v) is 8.90. The van der Waals surface area contributed by atoms with Gasteiger partial charge in [0.25, 0.3) is 5.91 Å². The molecule has 0 atom stereocenters. The summed E-state index contributed by atoms with van der Waals surface area (Å²) in [5.74, 6) is 0.260. The highest BCUT2D eigenvalue weighted by Gasteiger charge is 2.11. The van der Waals surface area contributed by atoms with E-state index in [9.17, 15) is 9.59 Å². The molecular weight excluding hydrogens is 346 g/mol. The molecule has 0 bridgehead atoms. The Morgan fingerprint density at radius 3 is 2.59 bits per heavy atom. The zero-order valence-electron chi connectivity index (χ0n) is 15.3. The highest BCUT2D eigenvalue weighted by Crippen LogP contribution is 2.12. The van der Waals surface area contributed by atoms with E-state index in [4.69, 9.17) is 4.74 Å². The fourth-order valence-electron chi connectivity index (χ4n) is 2.73. The lowest BCUT2D eigenvalue weighted by molar-refractivity contribution is 0.0398. The number of morpholine rings is 1. The quantitative estimate of drug-likeness (QED) is 0.717. The lowest BCUT2D eigenvalue weighted by Gasteiger charge is -2.26. The molecule has 2 aromatic rings. The van der Waals surface area contributed by atoms with Crippen LogP contribution in [-0.2, 0) is 4.74 Å². The van der Waals surface area contributed by atoms with Crippen LogP contribution < -0.4 is 10.6 Å². The Kier molecular flexibility index (Phi) is 6.45. The van der Waals surface area contributed by atoms with Crippen LogP contribution in [0.1, 0.15) is 27.8 Å². The number of nitrogens with zero attached hydrogens (tertiary/aromatic N) is 3. The number of ketones is 1. The molecule has 0 spiro atoms. The summed E-state index contributed by atoms with van der Waals surface area (Å²) in [6.07, 6.45) is 1.37. The third kappa shape index (κ3) is 5.57. The van der Waals surface area contributed by atoms with Crippen LogP contribution in [0.15, 0.2) is 36.7 Å². The van der Waals surface area contributed by atoms with Crippen LogP contribution in [0.2, 0.25) is 0 Å². The van der Waals surface area contributed by atoms with Gasteiger partial charge in [-0.05, 0) is 31.2 Å². The number of aromatic nitrogens is 2. The Morgan fingerprint density at radius 2 is 1.89 bits per heavy atom. The fourth-order valence-corrected chi connectivity index (χ4v) is 2.73. The van der Waals surface area contributed by atoms with E-state index in [1.807, 2.05) is 0 Å². The fraction of sp³-hybridized carbons (Fsp3) is 0.368. The molecule has 1 fully saturated rings. The van der Waals surface area contributed by atoms with Crippen molar-refractivity contribution in [1.82, 2.24) is 14.9 Å².